The number of halogens is 1. The lowest BCUT2D eigenvalue weighted by atomic mass is 10.0. The van der Waals surface area contributed by atoms with Gasteiger partial charge in [-0.05, 0) is 61.3 Å². The van der Waals surface area contributed by atoms with Crippen LogP contribution in [0.4, 0.5) is 9.18 Å². The molecule has 1 fully saturated rings. The van der Waals surface area contributed by atoms with Crippen LogP contribution in [0.3, 0.4) is 0 Å². The fraction of sp³-hybridized carbons (Fsp3) is 0.435. The molecule has 2 aliphatic heterocycles. The van der Waals surface area contributed by atoms with E-state index in [2.05, 4.69) is 15.5 Å². The molecular weight excluding hydrogens is 401 g/mol. The predicted molar refractivity (Wildman–Crippen MR) is 114 cm³/mol. The molecule has 31 heavy (non-hydrogen) atoms. The summed E-state index contributed by atoms with van der Waals surface area (Å²) in [7, 11) is 0. The molecule has 0 spiro atoms. The second-order valence-electron chi connectivity index (χ2n) is 7.92. The van der Waals surface area contributed by atoms with Gasteiger partial charge in [-0.2, -0.15) is 0 Å². The maximum atomic E-state index is 13.1. The van der Waals surface area contributed by atoms with E-state index in [1.54, 1.807) is 30.3 Å². The summed E-state index contributed by atoms with van der Waals surface area (Å²) in [4.78, 5) is 14.8. The van der Waals surface area contributed by atoms with Crippen LogP contribution in [0.1, 0.15) is 30.1 Å². The van der Waals surface area contributed by atoms with E-state index in [1.165, 1.54) is 12.1 Å². The van der Waals surface area contributed by atoms with Gasteiger partial charge in [0, 0.05) is 13.1 Å². The Morgan fingerprint density at radius 2 is 1.77 bits per heavy atom. The van der Waals surface area contributed by atoms with Crippen molar-refractivity contribution in [2.75, 3.05) is 32.8 Å². The van der Waals surface area contributed by atoms with Crippen LogP contribution in [0.15, 0.2) is 42.5 Å². The molecule has 1 saturated heterocycles. The zero-order chi connectivity index (χ0) is 21.6. The van der Waals surface area contributed by atoms with Crippen LogP contribution in [0, 0.1) is 5.82 Å². The summed E-state index contributed by atoms with van der Waals surface area (Å²) >= 11 is 0. The minimum atomic E-state index is -0.909. The molecule has 4 rings (SSSR count). The lowest BCUT2D eigenvalue weighted by Crippen LogP contribution is -2.49. The number of nitrogens with one attached hydrogen (secondary N) is 2. The van der Waals surface area contributed by atoms with Crippen molar-refractivity contribution in [3.8, 4) is 11.5 Å². The van der Waals surface area contributed by atoms with Gasteiger partial charge in [-0.1, -0.05) is 18.2 Å². The molecule has 2 heterocycles. The summed E-state index contributed by atoms with van der Waals surface area (Å²) in [5, 5.41) is 16.8. The van der Waals surface area contributed by atoms with Crippen molar-refractivity contribution >= 4 is 6.03 Å². The number of hydrogen-bond acceptors (Lipinski definition) is 5. The third-order valence-electron chi connectivity index (χ3n) is 5.63. The molecule has 0 aromatic heterocycles. The first-order valence-corrected chi connectivity index (χ1v) is 10.7. The van der Waals surface area contributed by atoms with E-state index < -0.39 is 12.1 Å². The number of nitrogens with zero attached hydrogens (tertiary/aromatic N) is 1. The molecule has 0 aliphatic carbocycles. The van der Waals surface area contributed by atoms with E-state index >= 15 is 0 Å². The minimum absolute atomic E-state index is 0.267. The van der Waals surface area contributed by atoms with Crippen molar-refractivity contribution in [1.82, 2.24) is 15.5 Å². The van der Waals surface area contributed by atoms with Crippen molar-refractivity contribution in [2.24, 2.45) is 0 Å². The predicted octanol–water partition coefficient (Wildman–Crippen LogP) is 2.59. The van der Waals surface area contributed by atoms with Gasteiger partial charge in [0.2, 0.25) is 0 Å². The van der Waals surface area contributed by atoms with Gasteiger partial charge in [0.05, 0.1) is 6.04 Å². The van der Waals surface area contributed by atoms with Crippen LogP contribution in [0.2, 0.25) is 0 Å². The molecule has 166 valence electrons. The number of aliphatic hydroxyl groups is 1. The van der Waals surface area contributed by atoms with Gasteiger partial charge in [0.25, 0.3) is 0 Å². The van der Waals surface area contributed by atoms with E-state index in [1.807, 2.05) is 0 Å². The van der Waals surface area contributed by atoms with Gasteiger partial charge in [0.1, 0.15) is 25.1 Å². The Balaban J connectivity index is 1.42. The summed E-state index contributed by atoms with van der Waals surface area (Å²) in [6.07, 6.45) is 1.32. The Labute approximate surface area is 181 Å². The first-order valence-electron chi connectivity index (χ1n) is 10.7. The summed E-state index contributed by atoms with van der Waals surface area (Å²) in [6, 6.07) is 10.4. The van der Waals surface area contributed by atoms with Gasteiger partial charge < -0.3 is 30.1 Å². The number of fused-ring (bicyclic) bond motifs is 1. The van der Waals surface area contributed by atoms with E-state index in [-0.39, 0.29) is 18.4 Å². The number of ether oxygens (including phenoxy) is 2. The van der Waals surface area contributed by atoms with Crippen molar-refractivity contribution in [3.05, 3.63) is 59.4 Å². The molecule has 2 aromatic rings. The molecule has 8 heteroatoms. The molecule has 7 nitrogen and oxygen atoms in total. The highest BCUT2D eigenvalue weighted by atomic mass is 19.1. The van der Waals surface area contributed by atoms with Crippen LogP contribution >= 0.6 is 0 Å². The molecule has 2 aromatic carbocycles. The maximum Gasteiger partial charge on any atom is 0.315 e. The van der Waals surface area contributed by atoms with Crippen molar-refractivity contribution in [3.63, 3.8) is 0 Å². The largest absolute Gasteiger partial charge is 0.486 e. The molecule has 1 unspecified atom stereocenters. The van der Waals surface area contributed by atoms with Crippen LogP contribution in [-0.4, -0.2) is 54.9 Å². The smallest absolute Gasteiger partial charge is 0.315 e. The Bertz CT molecular complexity index is 887. The van der Waals surface area contributed by atoms with Crippen LogP contribution in [0.25, 0.3) is 0 Å². The number of hydrogen-bond donors (Lipinski definition) is 3. The van der Waals surface area contributed by atoms with Gasteiger partial charge in [-0.15, -0.1) is 0 Å². The maximum absolute atomic E-state index is 13.1. The second kappa shape index (κ2) is 9.98. The average molecular weight is 429 g/mol. The molecule has 3 N–H and O–H groups in total. The first kappa shape index (κ1) is 21.4. The zero-order valence-electron chi connectivity index (χ0n) is 17.4. The number of carbonyl (C=O) groups excluding carboxylic acids is 1. The average Bonchev–Trinajstić information content (AvgIpc) is 3.30. The first-order chi connectivity index (χ1) is 15.1. The summed E-state index contributed by atoms with van der Waals surface area (Å²) < 4.78 is 24.2. The lowest BCUT2D eigenvalue weighted by molar-refractivity contribution is 0.108. The van der Waals surface area contributed by atoms with Crippen LogP contribution in [-0.2, 0) is 6.54 Å². The number of likely N-dealkylation sites (tertiary alicyclic amines) is 1. The van der Waals surface area contributed by atoms with Gasteiger partial charge in [0.15, 0.2) is 11.5 Å². The SMILES string of the molecule is O=C(NCc1ccc(F)cc1)N[C@H](CN1CCCC1)C(O)c1ccc2c(c1)OCCO2. The summed E-state index contributed by atoms with van der Waals surface area (Å²) in [6.45, 7) is 3.67. The highest BCUT2D eigenvalue weighted by molar-refractivity contribution is 5.74. The van der Waals surface area contributed by atoms with E-state index in [4.69, 9.17) is 9.47 Å². The Hall–Kier alpha value is -2.84. The molecule has 2 atom stereocenters. The summed E-state index contributed by atoms with van der Waals surface area (Å²) in [5.41, 5.74) is 1.45. The monoisotopic (exact) mass is 429 g/mol. The standard InChI is InChI=1S/C23H28FN3O4/c24-18-6-3-16(4-7-18)14-25-23(29)26-19(15-27-9-1-2-10-27)22(28)17-5-8-20-21(13-17)31-12-11-30-20/h3-8,13,19,22,28H,1-2,9-12,14-15H2,(H2,25,26,29)/t19-,22?/m1/s1. The van der Waals surface area contributed by atoms with E-state index in [0.717, 1.165) is 31.5 Å². The zero-order valence-corrected chi connectivity index (χ0v) is 17.4. The van der Waals surface area contributed by atoms with Gasteiger partial charge in [-0.3, -0.25) is 0 Å². The molecular formula is C23H28FN3O4. The van der Waals surface area contributed by atoms with Gasteiger partial charge >= 0.3 is 6.03 Å². The van der Waals surface area contributed by atoms with Crippen molar-refractivity contribution < 1.29 is 23.8 Å². The number of urea groups is 1. The normalized spacial score (nSPS) is 17.7. The number of benzene rings is 2. The molecule has 0 bridgehead atoms. The highest BCUT2D eigenvalue weighted by Crippen LogP contribution is 2.33. The second-order valence-corrected chi connectivity index (χ2v) is 7.92. The number of amides is 2. The number of aliphatic hydroxyl groups excluding tert-OH is 1. The fourth-order valence-corrected chi connectivity index (χ4v) is 3.95. The topological polar surface area (TPSA) is 83.1 Å². The van der Waals surface area contributed by atoms with Crippen molar-refractivity contribution in [1.29, 1.82) is 0 Å². The molecule has 2 aliphatic rings. The third-order valence-corrected chi connectivity index (χ3v) is 5.63. The number of carbonyl (C=O) groups is 1. The number of rotatable bonds is 7. The Morgan fingerprint density at radius 3 is 2.52 bits per heavy atom. The van der Waals surface area contributed by atoms with E-state index in [0.29, 0.717) is 36.8 Å². The highest BCUT2D eigenvalue weighted by Gasteiger charge is 2.27. The molecule has 0 radical (unpaired) electrons. The van der Waals surface area contributed by atoms with Crippen LogP contribution < -0.4 is 20.1 Å². The molecule has 0 saturated carbocycles. The van der Waals surface area contributed by atoms with Gasteiger partial charge in [-0.25, -0.2) is 9.18 Å². The lowest BCUT2D eigenvalue weighted by Gasteiger charge is -2.29. The van der Waals surface area contributed by atoms with E-state index in [9.17, 15) is 14.3 Å². The quantitative estimate of drug-likeness (QED) is 0.630. The minimum Gasteiger partial charge on any atom is -0.486 e. The summed E-state index contributed by atoms with van der Waals surface area (Å²) in [5.74, 6) is 0.938. The Kier molecular flexibility index (Phi) is 6.89. The molecule has 2 amide bonds. The Morgan fingerprint density at radius 1 is 1.06 bits per heavy atom. The third kappa shape index (κ3) is 5.65. The fourth-order valence-electron chi connectivity index (χ4n) is 3.95. The van der Waals surface area contributed by atoms with Crippen molar-refractivity contribution in [2.45, 2.75) is 31.5 Å². The van der Waals surface area contributed by atoms with Crippen LogP contribution in [0.5, 0.6) is 11.5 Å².